The van der Waals surface area contributed by atoms with Crippen LogP contribution < -0.4 is 15.4 Å². The molecule has 1 radical (unpaired) electrons. The standard InChI is InChI=1S/C39H35ClFN6O4Si/c40-27-6-4-26(30(41)19-27)22-50-36-3-1-2-31(44-36)24-10-14-46(15-11-24)21-35-43-33-20-28(7-9-34(33)47(35)23-52-17-16-51-52)42-37(48)25-5-8-32-29(18-25)39(12-13-39)38(49)45-32/h1-10,18-20H,11-17,21-23H2,(H,42,48)(H,45,49). The first-order valence-electron chi connectivity index (χ1n) is 17.5. The van der Waals surface area contributed by atoms with Crippen molar-refractivity contribution in [2.24, 2.45) is 0 Å². The molecular weight excluding hydrogens is 699 g/mol. The van der Waals surface area contributed by atoms with Gasteiger partial charge in [-0.05, 0) is 91.0 Å². The van der Waals surface area contributed by atoms with Crippen LogP contribution in [0.25, 0.3) is 16.6 Å². The van der Waals surface area contributed by atoms with E-state index in [4.69, 9.17) is 30.7 Å². The third-order valence-corrected chi connectivity index (χ3v) is 12.7. The first kappa shape index (κ1) is 33.0. The van der Waals surface area contributed by atoms with E-state index in [0.717, 1.165) is 90.5 Å². The van der Waals surface area contributed by atoms with E-state index in [1.807, 2.05) is 42.5 Å². The lowest BCUT2D eigenvalue weighted by Crippen LogP contribution is -2.37. The highest BCUT2D eigenvalue weighted by Crippen LogP contribution is 2.55. The first-order valence-corrected chi connectivity index (χ1v) is 19.7. The van der Waals surface area contributed by atoms with E-state index in [9.17, 15) is 14.0 Å². The van der Waals surface area contributed by atoms with E-state index in [1.54, 1.807) is 24.3 Å². The molecule has 5 heterocycles. The summed E-state index contributed by atoms with van der Waals surface area (Å²) >= 11 is 5.88. The fourth-order valence-corrected chi connectivity index (χ4v) is 8.84. The van der Waals surface area contributed by atoms with Crippen LogP contribution in [0.3, 0.4) is 0 Å². The number of fused-ring (bicyclic) bond motifs is 3. The summed E-state index contributed by atoms with van der Waals surface area (Å²) in [6, 6.07) is 22.6. The zero-order valence-electron chi connectivity index (χ0n) is 28.3. The highest BCUT2D eigenvalue weighted by atomic mass is 35.5. The Morgan fingerprint density at radius 2 is 1.98 bits per heavy atom. The van der Waals surface area contributed by atoms with Gasteiger partial charge in [0.2, 0.25) is 20.8 Å². The molecule has 2 amide bonds. The number of nitrogens with one attached hydrogen (secondary N) is 2. The van der Waals surface area contributed by atoms with Crippen molar-refractivity contribution in [2.45, 2.75) is 50.0 Å². The molecule has 2 fully saturated rings. The maximum atomic E-state index is 14.2. The molecule has 3 aliphatic heterocycles. The fourth-order valence-electron chi connectivity index (χ4n) is 7.23. The summed E-state index contributed by atoms with van der Waals surface area (Å²) in [6.07, 6.45) is 5.46. The molecule has 0 unspecified atom stereocenters. The number of aromatic nitrogens is 3. The van der Waals surface area contributed by atoms with Crippen LogP contribution >= 0.6 is 11.6 Å². The molecule has 2 N–H and O–H groups in total. The molecule has 2 aromatic heterocycles. The minimum absolute atomic E-state index is 0.0334. The number of hydrogen-bond donors (Lipinski definition) is 2. The zero-order valence-corrected chi connectivity index (χ0v) is 30.0. The molecule has 1 saturated heterocycles. The van der Waals surface area contributed by atoms with E-state index >= 15 is 0 Å². The number of imidazole rings is 1. The Bertz CT molecular complexity index is 2290. The third-order valence-electron chi connectivity index (χ3n) is 10.4. The Labute approximate surface area is 306 Å². The van der Waals surface area contributed by atoms with Crippen LogP contribution in [0.2, 0.25) is 11.1 Å². The van der Waals surface area contributed by atoms with Gasteiger partial charge in [-0.2, -0.15) is 0 Å². The van der Waals surface area contributed by atoms with Crippen LogP contribution in [-0.2, 0) is 34.0 Å². The van der Waals surface area contributed by atoms with Gasteiger partial charge in [0.25, 0.3) is 5.91 Å². The largest absolute Gasteiger partial charge is 0.473 e. The molecule has 1 aliphatic carbocycles. The number of anilines is 2. The Balaban J connectivity index is 0.890. The van der Waals surface area contributed by atoms with Gasteiger partial charge in [-0.25, -0.2) is 14.4 Å². The smallest absolute Gasteiger partial charge is 0.255 e. The summed E-state index contributed by atoms with van der Waals surface area (Å²) in [6.45, 7) is 3.11. The number of ether oxygens (including phenoxy) is 1. The lowest BCUT2D eigenvalue weighted by Gasteiger charge is -2.28. The van der Waals surface area contributed by atoms with Crippen molar-refractivity contribution in [1.29, 1.82) is 0 Å². The molecule has 13 heteroatoms. The molecule has 0 atom stereocenters. The summed E-state index contributed by atoms with van der Waals surface area (Å²) in [5.74, 6) is 0.816. The normalized spacial score (nSPS) is 17.8. The van der Waals surface area contributed by atoms with Crippen LogP contribution in [0.4, 0.5) is 15.8 Å². The maximum absolute atomic E-state index is 14.2. The average molecular weight is 734 g/mol. The molecule has 9 rings (SSSR count). The van der Waals surface area contributed by atoms with Gasteiger partial charge in [0, 0.05) is 59.5 Å². The molecule has 1 spiro atoms. The Morgan fingerprint density at radius 1 is 1.10 bits per heavy atom. The Kier molecular flexibility index (Phi) is 8.42. The number of nitrogens with zero attached hydrogens (tertiary/aromatic N) is 4. The van der Waals surface area contributed by atoms with Crippen LogP contribution in [0.5, 0.6) is 5.88 Å². The SMILES string of the molecule is O=C(Nc1ccc2c(c1)nc(CN1CC=C(c3cccc(OCc4ccc(Cl)cc4F)n3)CC1)n2C[Si]1CCO1)c1ccc2c(c1)C1(CC1)C(=O)N2. The molecule has 1 saturated carbocycles. The number of rotatable bonds is 10. The summed E-state index contributed by atoms with van der Waals surface area (Å²) < 4.78 is 28.3. The van der Waals surface area contributed by atoms with Gasteiger partial charge in [0.1, 0.15) is 18.2 Å². The molecule has 3 aromatic carbocycles. The number of halogens is 2. The first-order chi connectivity index (χ1) is 25.3. The van der Waals surface area contributed by atoms with Crippen molar-refractivity contribution in [1.82, 2.24) is 19.4 Å². The quantitative estimate of drug-likeness (QED) is 0.151. The zero-order chi connectivity index (χ0) is 35.4. The molecular formula is C39H35ClFN6O4Si. The van der Waals surface area contributed by atoms with Crippen LogP contribution in [0.15, 0.2) is 78.9 Å². The summed E-state index contributed by atoms with van der Waals surface area (Å²) in [5.41, 5.74) is 6.71. The lowest BCUT2D eigenvalue weighted by atomic mass is 9.96. The number of carbonyl (C=O) groups excluding carboxylic acids is 2. The van der Waals surface area contributed by atoms with Crippen molar-refractivity contribution in [3.63, 3.8) is 0 Å². The number of benzene rings is 3. The van der Waals surface area contributed by atoms with E-state index in [2.05, 4.69) is 26.2 Å². The van der Waals surface area contributed by atoms with Gasteiger partial charge < -0.3 is 24.4 Å². The number of carbonyl (C=O) groups is 2. The van der Waals surface area contributed by atoms with Gasteiger partial charge in [0.05, 0.1) is 28.7 Å². The van der Waals surface area contributed by atoms with Crippen molar-refractivity contribution >= 4 is 60.4 Å². The molecule has 5 aromatic rings. The van der Waals surface area contributed by atoms with Crippen molar-refractivity contribution in [3.05, 3.63) is 118 Å². The van der Waals surface area contributed by atoms with Gasteiger partial charge in [-0.15, -0.1) is 0 Å². The summed E-state index contributed by atoms with van der Waals surface area (Å²) in [5, 5.41) is 6.35. The molecule has 263 valence electrons. The van der Waals surface area contributed by atoms with Gasteiger partial charge in [-0.3, -0.25) is 14.5 Å². The number of amides is 2. The van der Waals surface area contributed by atoms with E-state index in [0.29, 0.717) is 34.3 Å². The van der Waals surface area contributed by atoms with Crippen LogP contribution in [0.1, 0.15) is 52.3 Å². The van der Waals surface area contributed by atoms with Crippen molar-refractivity contribution in [3.8, 4) is 5.88 Å². The number of hydrogen-bond acceptors (Lipinski definition) is 7. The molecule has 0 bridgehead atoms. The van der Waals surface area contributed by atoms with E-state index in [-0.39, 0.29) is 18.4 Å². The second-order valence-corrected chi connectivity index (χ2v) is 16.4. The highest BCUT2D eigenvalue weighted by molar-refractivity contribution is 6.53. The highest BCUT2D eigenvalue weighted by Gasteiger charge is 2.56. The van der Waals surface area contributed by atoms with Crippen molar-refractivity contribution in [2.75, 3.05) is 30.3 Å². The predicted molar refractivity (Wildman–Crippen MR) is 198 cm³/mol. The Morgan fingerprint density at radius 3 is 2.75 bits per heavy atom. The average Bonchev–Trinajstić information content (AvgIpc) is 3.80. The van der Waals surface area contributed by atoms with Gasteiger partial charge >= 0.3 is 0 Å². The minimum atomic E-state index is -0.929. The monoisotopic (exact) mass is 733 g/mol. The molecule has 4 aliphatic rings. The van der Waals surface area contributed by atoms with Gasteiger partial charge in [-0.1, -0.05) is 29.8 Å². The Hall–Kier alpha value is -4.88. The third kappa shape index (κ3) is 6.29. The summed E-state index contributed by atoms with van der Waals surface area (Å²) in [4.78, 5) is 38.0. The summed E-state index contributed by atoms with van der Waals surface area (Å²) in [7, 11) is -0.929. The second kappa shape index (κ2) is 13.3. The predicted octanol–water partition coefficient (Wildman–Crippen LogP) is 6.89. The van der Waals surface area contributed by atoms with Crippen molar-refractivity contribution < 1.29 is 23.1 Å². The second-order valence-electron chi connectivity index (χ2n) is 13.8. The van der Waals surface area contributed by atoms with Crippen LogP contribution in [0, 0.1) is 5.82 Å². The van der Waals surface area contributed by atoms with Crippen LogP contribution in [-0.4, -0.2) is 60.0 Å². The van der Waals surface area contributed by atoms with Gasteiger partial charge in [0.15, 0.2) is 0 Å². The number of pyridine rings is 1. The molecule has 52 heavy (non-hydrogen) atoms. The van der Waals surface area contributed by atoms with E-state index < -0.39 is 20.3 Å². The van der Waals surface area contributed by atoms with E-state index in [1.165, 1.54) is 6.07 Å². The fraction of sp³-hybridized carbons (Fsp3) is 0.282. The lowest BCUT2D eigenvalue weighted by molar-refractivity contribution is -0.117. The topological polar surface area (TPSA) is 111 Å². The minimum Gasteiger partial charge on any atom is -0.473 e. The maximum Gasteiger partial charge on any atom is 0.255 e. The molecule has 10 nitrogen and oxygen atoms in total.